The van der Waals surface area contributed by atoms with E-state index in [-0.39, 0.29) is 53.0 Å². The van der Waals surface area contributed by atoms with E-state index in [0.717, 1.165) is 18.7 Å². The molecule has 0 spiro atoms. The van der Waals surface area contributed by atoms with E-state index in [0.29, 0.717) is 42.6 Å². The minimum absolute atomic E-state index is 0.0606. The molecular weight excluding hydrogens is 604 g/mol. The van der Waals surface area contributed by atoms with E-state index in [4.69, 9.17) is 21.1 Å². The summed E-state index contributed by atoms with van der Waals surface area (Å²) in [6.45, 7) is 11.0. The zero-order valence-electron chi connectivity index (χ0n) is 26.6. The molecule has 0 aliphatic carbocycles. The number of likely N-dealkylation sites (N-methyl/N-ethyl adjacent to an activating group) is 1. The van der Waals surface area contributed by atoms with E-state index >= 15 is 0 Å². The summed E-state index contributed by atoms with van der Waals surface area (Å²) in [4.78, 5) is 36.6. The molecule has 2 aromatic carbocycles. The Balaban J connectivity index is 0.000000440. The maximum atomic E-state index is 14.8. The molecular formula is C33H42ClF2N5O4. The standard InChI is InChI=1S/C26H27ClF2N4O3.C7H15NO/c1-5-22(35)32-12-16(3)33(13-15(32)2)26(30-4)19-11-20(27)23(18-7-6-17(28)10-21(18)29)25-24(19)31(14-34)8-9-36-25;1-8-5-3-4-7(8)6-9-2/h5-7,10-11,14-16H,1,8-9,12-13H2,2-4H3;7H,3-6H2,1-2H3/t15-,16?;/m1./s1. The minimum atomic E-state index is -0.798. The molecule has 3 aliphatic rings. The molecule has 0 aromatic heterocycles. The van der Waals surface area contributed by atoms with E-state index in [1.54, 1.807) is 25.1 Å². The van der Waals surface area contributed by atoms with Crippen molar-refractivity contribution in [1.29, 1.82) is 0 Å². The number of nitrogens with zero attached hydrogens (tertiary/aromatic N) is 5. The maximum absolute atomic E-state index is 14.8. The van der Waals surface area contributed by atoms with Crippen LogP contribution in [0.3, 0.4) is 0 Å². The molecule has 0 radical (unpaired) electrons. The van der Waals surface area contributed by atoms with Crippen LogP contribution in [0.2, 0.25) is 5.02 Å². The number of anilines is 1. The van der Waals surface area contributed by atoms with Gasteiger partial charge in [-0.2, -0.15) is 0 Å². The zero-order chi connectivity index (χ0) is 32.8. The highest BCUT2D eigenvalue weighted by Crippen LogP contribution is 2.48. The molecule has 0 saturated carbocycles. The number of benzene rings is 2. The van der Waals surface area contributed by atoms with Crippen molar-refractivity contribution in [3.05, 3.63) is 59.1 Å². The van der Waals surface area contributed by atoms with E-state index < -0.39 is 11.6 Å². The second-order valence-corrected chi connectivity index (χ2v) is 12.0. The van der Waals surface area contributed by atoms with Gasteiger partial charge in [0.05, 0.1) is 23.9 Å². The molecule has 3 atom stereocenters. The van der Waals surface area contributed by atoms with Crippen LogP contribution >= 0.6 is 11.6 Å². The molecule has 3 heterocycles. The molecule has 3 aliphatic heterocycles. The number of amidine groups is 1. The van der Waals surface area contributed by atoms with Gasteiger partial charge in [0.1, 0.15) is 24.1 Å². The number of carbonyl (C=O) groups excluding carboxylic acids is 2. The number of piperazine rings is 1. The average Bonchev–Trinajstić information content (AvgIpc) is 3.43. The van der Waals surface area contributed by atoms with Crippen molar-refractivity contribution in [2.45, 2.75) is 44.8 Å². The Morgan fingerprint density at radius 3 is 2.49 bits per heavy atom. The molecule has 244 valence electrons. The number of likely N-dealkylation sites (tertiary alicyclic amines) is 1. The first-order chi connectivity index (χ1) is 21.6. The maximum Gasteiger partial charge on any atom is 0.246 e. The second kappa shape index (κ2) is 15.2. The average molecular weight is 646 g/mol. The highest BCUT2D eigenvalue weighted by Gasteiger charge is 2.36. The summed E-state index contributed by atoms with van der Waals surface area (Å²) in [6, 6.07) is 5.30. The van der Waals surface area contributed by atoms with Crippen LogP contribution in [-0.2, 0) is 14.3 Å². The van der Waals surface area contributed by atoms with Crippen molar-refractivity contribution < 1.29 is 27.8 Å². The van der Waals surface area contributed by atoms with Gasteiger partial charge in [-0.1, -0.05) is 18.2 Å². The molecule has 9 nitrogen and oxygen atoms in total. The van der Waals surface area contributed by atoms with Crippen LogP contribution in [0.1, 0.15) is 32.3 Å². The Bertz CT molecular complexity index is 1440. The van der Waals surface area contributed by atoms with Gasteiger partial charge in [-0.3, -0.25) is 14.6 Å². The zero-order valence-corrected chi connectivity index (χ0v) is 27.3. The lowest BCUT2D eigenvalue weighted by Crippen LogP contribution is -2.59. The van der Waals surface area contributed by atoms with Gasteiger partial charge in [-0.15, -0.1) is 0 Å². The Morgan fingerprint density at radius 2 is 1.89 bits per heavy atom. The molecule has 2 fully saturated rings. The lowest BCUT2D eigenvalue weighted by Gasteiger charge is -2.45. The van der Waals surface area contributed by atoms with Crippen molar-refractivity contribution in [3.63, 3.8) is 0 Å². The summed E-state index contributed by atoms with van der Waals surface area (Å²) in [5.41, 5.74) is 1.24. The topological polar surface area (TPSA) is 77.9 Å². The summed E-state index contributed by atoms with van der Waals surface area (Å²) in [7, 11) is 5.57. The predicted molar refractivity (Wildman–Crippen MR) is 173 cm³/mol. The van der Waals surface area contributed by atoms with Crippen LogP contribution in [0, 0.1) is 11.6 Å². The number of methoxy groups -OCH3 is 1. The summed E-state index contributed by atoms with van der Waals surface area (Å²) >= 11 is 6.71. The Kier molecular flexibility index (Phi) is 11.6. The number of ether oxygens (including phenoxy) is 2. The Labute approximate surface area is 269 Å². The van der Waals surface area contributed by atoms with Crippen molar-refractivity contribution in [2.24, 2.45) is 4.99 Å². The third kappa shape index (κ3) is 7.31. The summed E-state index contributed by atoms with van der Waals surface area (Å²) in [5.74, 6) is -0.875. The van der Waals surface area contributed by atoms with Crippen molar-refractivity contribution in [1.82, 2.24) is 14.7 Å². The number of carbonyl (C=O) groups is 2. The molecule has 45 heavy (non-hydrogen) atoms. The number of amides is 2. The number of halogens is 3. The second-order valence-electron chi connectivity index (χ2n) is 11.6. The summed E-state index contributed by atoms with van der Waals surface area (Å²) in [6.07, 6.45) is 4.63. The number of aliphatic imine (C=N–C) groups is 1. The third-order valence-electron chi connectivity index (χ3n) is 8.60. The first-order valence-corrected chi connectivity index (χ1v) is 15.5. The van der Waals surface area contributed by atoms with E-state index in [9.17, 15) is 18.4 Å². The van der Waals surface area contributed by atoms with Crippen molar-refractivity contribution in [3.8, 4) is 16.9 Å². The van der Waals surface area contributed by atoms with Crippen LogP contribution in [0.4, 0.5) is 14.5 Å². The van der Waals surface area contributed by atoms with E-state index in [1.165, 1.54) is 36.4 Å². The fourth-order valence-corrected chi connectivity index (χ4v) is 6.55. The largest absolute Gasteiger partial charge is 0.489 e. The molecule has 2 unspecified atom stereocenters. The van der Waals surface area contributed by atoms with Gasteiger partial charge in [0, 0.05) is 68.1 Å². The minimum Gasteiger partial charge on any atom is -0.489 e. The molecule has 0 N–H and O–H groups in total. The fourth-order valence-electron chi connectivity index (χ4n) is 6.25. The summed E-state index contributed by atoms with van der Waals surface area (Å²) < 4.78 is 39.4. The third-order valence-corrected chi connectivity index (χ3v) is 8.90. The highest BCUT2D eigenvalue weighted by molar-refractivity contribution is 6.35. The molecule has 2 amide bonds. The number of fused-ring (bicyclic) bond motifs is 1. The van der Waals surface area contributed by atoms with Crippen LogP contribution in [0.15, 0.2) is 41.9 Å². The van der Waals surface area contributed by atoms with Crippen LogP contribution in [0.25, 0.3) is 11.1 Å². The highest BCUT2D eigenvalue weighted by atomic mass is 35.5. The summed E-state index contributed by atoms with van der Waals surface area (Å²) in [5, 5.41) is 0.171. The molecule has 0 bridgehead atoms. The van der Waals surface area contributed by atoms with Crippen molar-refractivity contribution >= 4 is 35.4 Å². The van der Waals surface area contributed by atoms with Gasteiger partial charge in [0.2, 0.25) is 12.3 Å². The number of hydrogen-bond donors (Lipinski definition) is 0. The van der Waals surface area contributed by atoms with Gasteiger partial charge >= 0.3 is 0 Å². The molecule has 2 saturated heterocycles. The monoisotopic (exact) mass is 645 g/mol. The van der Waals surface area contributed by atoms with Crippen LogP contribution in [-0.4, -0.2) is 112 Å². The first kappa shape index (κ1) is 34.3. The van der Waals surface area contributed by atoms with E-state index in [2.05, 4.69) is 28.4 Å². The molecule has 12 heteroatoms. The quantitative estimate of drug-likeness (QED) is 0.194. The van der Waals surface area contributed by atoms with Gasteiger partial charge in [0.25, 0.3) is 0 Å². The fraction of sp³-hybridized carbons (Fsp3) is 0.485. The van der Waals surface area contributed by atoms with E-state index in [1.807, 2.05) is 13.8 Å². The Hall–Kier alpha value is -3.54. The normalized spacial score (nSPS) is 21.9. The lowest BCUT2D eigenvalue weighted by molar-refractivity contribution is -0.130. The number of hydrogen-bond acceptors (Lipinski definition) is 6. The number of rotatable bonds is 6. The molecule has 2 aromatic rings. The van der Waals surface area contributed by atoms with Crippen LogP contribution in [0.5, 0.6) is 5.75 Å². The van der Waals surface area contributed by atoms with Gasteiger partial charge < -0.3 is 29.1 Å². The van der Waals surface area contributed by atoms with Gasteiger partial charge in [-0.25, -0.2) is 8.78 Å². The van der Waals surface area contributed by atoms with Crippen LogP contribution < -0.4 is 9.64 Å². The predicted octanol–water partition coefficient (Wildman–Crippen LogP) is 4.85. The van der Waals surface area contributed by atoms with Gasteiger partial charge in [0.15, 0.2) is 5.75 Å². The SMILES string of the molecule is C=CC(=O)N1CC(C)N(C(=NC)c2cc(Cl)c(-c3ccc(F)cc3F)c3c2N(C=O)CCO3)C[C@H]1C.COCC1CCCN1C. The lowest BCUT2D eigenvalue weighted by atomic mass is 9.96. The Morgan fingerprint density at radius 1 is 1.18 bits per heavy atom. The molecule has 5 rings (SSSR count). The van der Waals surface area contributed by atoms with Crippen molar-refractivity contribution in [2.75, 3.05) is 65.5 Å². The van der Waals surface area contributed by atoms with Gasteiger partial charge in [-0.05, 0) is 64.6 Å². The smallest absolute Gasteiger partial charge is 0.246 e. The first-order valence-electron chi connectivity index (χ1n) is 15.1.